The number of rotatable bonds is 52. The first-order valence-electron chi connectivity index (χ1n) is 28.9. The van der Waals surface area contributed by atoms with Gasteiger partial charge in [0.05, 0.1) is 0 Å². The van der Waals surface area contributed by atoms with E-state index in [9.17, 15) is 14.4 Å². The molecular formula is C62H108O6. The summed E-state index contributed by atoms with van der Waals surface area (Å²) >= 11 is 0. The van der Waals surface area contributed by atoms with E-state index in [0.29, 0.717) is 19.3 Å². The largest absolute Gasteiger partial charge is 0.462 e. The van der Waals surface area contributed by atoms with E-state index in [1.807, 2.05) is 0 Å². The van der Waals surface area contributed by atoms with Crippen molar-refractivity contribution in [2.45, 2.75) is 290 Å². The smallest absolute Gasteiger partial charge is 0.306 e. The molecule has 0 aromatic carbocycles. The average molecular weight is 950 g/mol. The second-order valence-electron chi connectivity index (χ2n) is 19.2. The molecular weight excluding hydrogens is 841 g/mol. The van der Waals surface area contributed by atoms with E-state index in [1.54, 1.807) is 0 Å². The highest BCUT2D eigenvalue weighted by Gasteiger charge is 2.19. The van der Waals surface area contributed by atoms with Crippen LogP contribution >= 0.6 is 0 Å². The van der Waals surface area contributed by atoms with Gasteiger partial charge in [0.15, 0.2) is 6.10 Å². The summed E-state index contributed by atoms with van der Waals surface area (Å²) in [5.41, 5.74) is 0. The van der Waals surface area contributed by atoms with Gasteiger partial charge in [-0.1, -0.05) is 248 Å². The highest BCUT2D eigenvalue weighted by atomic mass is 16.6. The molecule has 0 aromatic heterocycles. The number of allylic oxidation sites excluding steroid dienone is 12. The molecule has 392 valence electrons. The maximum atomic E-state index is 12.8. The van der Waals surface area contributed by atoms with Crippen LogP contribution in [0.25, 0.3) is 0 Å². The summed E-state index contributed by atoms with van der Waals surface area (Å²) in [5, 5.41) is 0. The van der Waals surface area contributed by atoms with Gasteiger partial charge in [0.2, 0.25) is 0 Å². The minimum Gasteiger partial charge on any atom is -0.462 e. The van der Waals surface area contributed by atoms with Crippen molar-refractivity contribution in [3.63, 3.8) is 0 Å². The molecule has 0 aliphatic heterocycles. The molecule has 0 fully saturated rings. The Morgan fingerprint density at radius 2 is 0.574 bits per heavy atom. The summed E-state index contributed by atoms with van der Waals surface area (Å²) in [7, 11) is 0. The van der Waals surface area contributed by atoms with Crippen LogP contribution in [0, 0.1) is 0 Å². The second kappa shape index (κ2) is 56.4. The Balaban J connectivity index is 4.34. The first-order valence-corrected chi connectivity index (χ1v) is 28.9. The van der Waals surface area contributed by atoms with Gasteiger partial charge in [-0.15, -0.1) is 0 Å². The molecule has 0 aliphatic carbocycles. The minimum absolute atomic E-state index is 0.0869. The predicted octanol–water partition coefficient (Wildman–Crippen LogP) is 19.4. The van der Waals surface area contributed by atoms with E-state index in [1.165, 1.54) is 141 Å². The van der Waals surface area contributed by atoms with Gasteiger partial charge in [-0.3, -0.25) is 14.4 Å². The highest BCUT2D eigenvalue weighted by Crippen LogP contribution is 2.16. The molecule has 0 saturated heterocycles. The number of carbonyl (C=O) groups excluding carboxylic acids is 3. The van der Waals surface area contributed by atoms with Gasteiger partial charge >= 0.3 is 17.9 Å². The quantitative estimate of drug-likeness (QED) is 0.0262. The molecule has 0 amide bonds. The fourth-order valence-corrected chi connectivity index (χ4v) is 8.11. The number of ether oxygens (including phenoxy) is 3. The first kappa shape index (κ1) is 64.8. The Bertz CT molecular complexity index is 1270. The molecule has 0 radical (unpaired) electrons. The van der Waals surface area contributed by atoms with Crippen molar-refractivity contribution in [3.05, 3.63) is 72.9 Å². The fourth-order valence-electron chi connectivity index (χ4n) is 8.11. The molecule has 68 heavy (non-hydrogen) atoms. The summed E-state index contributed by atoms with van der Waals surface area (Å²) in [6.07, 6.45) is 71.8. The standard InChI is InChI=1S/C62H108O6/c1-4-7-10-13-16-19-22-25-27-28-29-30-31-32-33-34-35-38-40-43-46-49-52-55-61(64)67-58-59(57-66-60(63)54-51-48-45-42-39-36-24-21-18-15-12-9-6-3)68-62(65)56-53-50-47-44-41-37-26-23-20-17-14-11-8-5-2/h9,12,18,21-22,25,28-29,31-32,36,39,59H,4-8,10-11,13-17,19-20,23-24,26-27,30,33-35,37-38,40-58H2,1-3H3/b12-9-,21-18-,25-22-,29-28-,32-31-,39-36-. The summed E-state index contributed by atoms with van der Waals surface area (Å²) in [4.78, 5) is 38.1. The van der Waals surface area contributed by atoms with Gasteiger partial charge in [-0.2, -0.15) is 0 Å². The van der Waals surface area contributed by atoms with E-state index in [0.717, 1.165) is 103 Å². The zero-order valence-electron chi connectivity index (χ0n) is 44.9. The number of esters is 3. The van der Waals surface area contributed by atoms with Crippen molar-refractivity contribution in [2.24, 2.45) is 0 Å². The van der Waals surface area contributed by atoms with Crippen LogP contribution in [0.5, 0.6) is 0 Å². The van der Waals surface area contributed by atoms with Crippen LogP contribution in [0.2, 0.25) is 0 Å². The molecule has 0 saturated carbocycles. The van der Waals surface area contributed by atoms with Gasteiger partial charge < -0.3 is 14.2 Å². The molecule has 0 N–H and O–H groups in total. The molecule has 1 atom stereocenters. The lowest BCUT2D eigenvalue weighted by molar-refractivity contribution is -0.167. The lowest BCUT2D eigenvalue weighted by atomic mass is 10.0. The molecule has 0 rings (SSSR count). The van der Waals surface area contributed by atoms with E-state index < -0.39 is 6.10 Å². The Morgan fingerprint density at radius 1 is 0.309 bits per heavy atom. The van der Waals surface area contributed by atoms with Gasteiger partial charge in [-0.25, -0.2) is 0 Å². The molecule has 0 aliphatic rings. The minimum atomic E-state index is -0.789. The fraction of sp³-hybridized carbons (Fsp3) is 0.758. The van der Waals surface area contributed by atoms with Crippen molar-refractivity contribution in [1.29, 1.82) is 0 Å². The molecule has 6 nitrogen and oxygen atoms in total. The van der Waals surface area contributed by atoms with Crippen molar-refractivity contribution in [2.75, 3.05) is 13.2 Å². The number of carbonyl (C=O) groups is 3. The van der Waals surface area contributed by atoms with Crippen molar-refractivity contribution in [1.82, 2.24) is 0 Å². The van der Waals surface area contributed by atoms with E-state index >= 15 is 0 Å². The predicted molar refractivity (Wildman–Crippen MR) is 293 cm³/mol. The first-order chi connectivity index (χ1) is 33.5. The summed E-state index contributed by atoms with van der Waals surface area (Å²) in [6, 6.07) is 0. The van der Waals surface area contributed by atoms with Crippen LogP contribution in [-0.2, 0) is 28.6 Å². The van der Waals surface area contributed by atoms with Crippen molar-refractivity contribution < 1.29 is 28.6 Å². The highest BCUT2D eigenvalue weighted by molar-refractivity contribution is 5.71. The van der Waals surface area contributed by atoms with E-state index in [-0.39, 0.29) is 31.1 Å². The third-order valence-corrected chi connectivity index (χ3v) is 12.4. The zero-order valence-corrected chi connectivity index (χ0v) is 44.9. The topological polar surface area (TPSA) is 78.9 Å². The number of hydrogen-bond acceptors (Lipinski definition) is 6. The molecule has 0 aromatic rings. The van der Waals surface area contributed by atoms with Crippen molar-refractivity contribution >= 4 is 17.9 Å². The summed E-state index contributed by atoms with van der Waals surface area (Å²) < 4.78 is 16.8. The maximum Gasteiger partial charge on any atom is 0.306 e. The molecule has 0 heterocycles. The maximum absolute atomic E-state index is 12.8. The van der Waals surface area contributed by atoms with Crippen LogP contribution in [-0.4, -0.2) is 37.2 Å². The Hall–Kier alpha value is -3.15. The summed E-state index contributed by atoms with van der Waals surface area (Å²) in [6.45, 7) is 6.50. The van der Waals surface area contributed by atoms with E-state index in [2.05, 4.69) is 93.7 Å². The summed E-state index contributed by atoms with van der Waals surface area (Å²) in [5.74, 6) is -0.915. The van der Waals surface area contributed by atoms with Gasteiger partial charge in [0.25, 0.3) is 0 Å². The average Bonchev–Trinajstić information content (AvgIpc) is 3.34. The van der Waals surface area contributed by atoms with Gasteiger partial charge in [-0.05, 0) is 89.9 Å². The number of unbranched alkanes of at least 4 members (excludes halogenated alkanes) is 29. The third-order valence-electron chi connectivity index (χ3n) is 12.4. The monoisotopic (exact) mass is 949 g/mol. The Morgan fingerprint density at radius 3 is 0.912 bits per heavy atom. The second-order valence-corrected chi connectivity index (χ2v) is 19.2. The van der Waals surface area contributed by atoms with E-state index in [4.69, 9.17) is 14.2 Å². The third kappa shape index (κ3) is 53.8. The van der Waals surface area contributed by atoms with Crippen LogP contribution < -0.4 is 0 Å². The molecule has 1 unspecified atom stereocenters. The van der Waals surface area contributed by atoms with Crippen LogP contribution in [0.15, 0.2) is 72.9 Å². The normalized spacial score (nSPS) is 12.6. The SMILES string of the molecule is CC/C=C\C/C=C\C/C=C\CCCCCC(=O)OCC(COC(=O)CCCCCCCCCC/C=C\C/C=C\C/C=C\CCCCCCC)OC(=O)CCCCCCCCCCCCCCCC. The Kier molecular flexibility index (Phi) is 53.8. The van der Waals surface area contributed by atoms with Gasteiger partial charge in [0.1, 0.15) is 13.2 Å². The lowest BCUT2D eigenvalue weighted by Gasteiger charge is -2.18. The van der Waals surface area contributed by atoms with Crippen molar-refractivity contribution in [3.8, 4) is 0 Å². The lowest BCUT2D eigenvalue weighted by Crippen LogP contribution is -2.30. The molecule has 0 bridgehead atoms. The molecule has 6 heteroatoms. The van der Waals surface area contributed by atoms with Gasteiger partial charge in [0, 0.05) is 19.3 Å². The number of hydrogen-bond donors (Lipinski definition) is 0. The zero-order chi connectivity index (χ0) is 49.3. The van der Waals surface area contributed by atoms with Crippen LogP contribution in [0.4, 0.5) is 0 Å². The molecule has 0 spiro atoms. The van der Waals surface area contributed by atoms with Crippen LogP contribution in [0.1, 0.15) is 284 Å². The Labute approximate surface area is 421 Å². The van der Waals surface area contributed by atoms with Crippen LogP contribution in [0.3, 0.4) is 0 Å².